The fourth-order valence-corrected chi connectivity index (χ4v) is 3.95. The van der Waals surface area contributed by atoms with E-state index in [9.17, 15) is 13.2 Å². The fourth-order valence-electron chi connectivity index (χ4n) is 1.78. The number of carboxylic acid groups (broad SMARTS) is 1. The van der Waals surface area contributed by atoms with Gasteiger partial charge in [-0.3, -0.25) is 4.79 Å². The number of carboxylic acids is 1. The summed E-state index contributed by atoms with van der Waals surface area (Å²) in [6, 6.07) is -0.104. The molecule has 0 bridgehead atoms. The molecular weight excluding hydrogens is 242 g/mol. The molecule has 5 nitrogen and oxygen atoms in total. The van der Waals surface area contributed by atoms with E-state index in [2.05, 4.69) is 0 Å². The number of nitrogens with zero attached hydrogens (tertiary/aromatic N) is 1. The first-order valence-corrected chi connectivity index (χ1v) is 7.65. The van der Waals surface area contributed by atoms with Crippen molar-refractivity contribution in [1.82, 2.24) is 4.31 Å². The summed E-state index contributed by atoms with van der Waals surface area (Å²) in [6.45, 7) is 3.95. The average molecular weight is 263 g/mol. The lowest BCUT2D eigenvalue weighted by atomic mass is 10.3. The lowest BCUT2D eigenvalue weighted by Gasteiger charge is -2.25. The van der Waals surface area contributed by atoms with Crippen LogP contribution in [0.3, 0.4) is 0 Å². The lowest BCUT2D eigenvalue weighted by Crippen LogP contribution is -2.39. The molecule has 1 saturated carbocycles. The Kier molecular flexibility index (Phi) is 4.94. The quantitative estimate of drug-likeness (QED) is 0.716. The summed E-state index contributed by atoms with van der Waals surface area (Å²) in [4.78, 5) is 10.4. The normalized spacial score (nSPS) is 16.7. The van der Waals surface area contributed by atoms with Gasteiger partial charge in [0.2, 0.25) is 10.0 Å². The van der Waals surface area contributed by atoms with Gasteiger partial charge >= 0.3 is 5.97 Å². The Hall–Kier alpha value is -0.620. The highest BCUT2D eigenvalue weighted by Crippen LogP contribution is 2.31. The largest absolute Gasteiger partial charge is 0.481 e. The molecule has 0 aromatic rings. The number of hydrogen-bond acceptors (Lipinski definition) is 3. The minimum Gasteiger partial charge on any atom is -0.481 e. The molecule has 1 fully saturated rings. The van der Waals surface area contributed by atoms with E-state index in [0.29, 0.717) is 18.9 Å². The molecule has 0 unspecified atom stereocenters. The summed E-state index contributed by atoms with van der Waals surface area (Å²) < 4.78 is 25.6. The van der Waals surface area contributed by atoms with Crippen LogP contribution >= 0.6 is 0 Å². The van der Waals surface area contributed by atoms with Crippen molar-refractivity contribution in [2.75, 3.05) is 12.3 Å². The molecule has 0 aromatic carbocycles. The van der Waals surface area contributed by atoms with Crippen LogP contribution in [0.5, 0.6) is 0 Å². The zero-order valence-electron chi connectivity index (χ0n) is 10.4. The average Bonchev–Trinajstić information content (AvgIpc) is 2.93. The highest BCUT2D eigenvalue weighted by Gasteiger charge is 2.32. The Morgan fingerprint density at radius 2 is 2.00 bits per heavy atom. The van der Waals surface area contributed by atoms with Crippen molar-refractivity contribution in [2.45, 2.75) is 45.6 Å². The number of aliphatic carboxylic acids is 1. The van der Waals surface area contributed by atoms with Gasteiger partial charge in [-0.05, 0) is 39.0 Å². The molecule has 0 radical (unpaired) electrons. The van der Waals surface area contributed by atoms with Crippen LogP contribution in [0.2, 0.25) is 0 Å². The molecule has 1 N–H and O–H groups in total. The molecule has 0 saturated heterocycles. The molecule has 6 heteroatoms. The van der Waals surface area contributed by atoms with Crippen molar-refractivity contribution >= 4 is 16.0 Å². The summed E-state index contributed by atoms with van der Waals surface area (Å²) in [5.41, 5.74) is 0. The van der Waals surface area contributed by atoms with Crippen molar-refractivity contribution in [1.29, 1.82) is 0 Å². The number of sulfonamides is 1. The van der Waals surface area contributed by atoms with E-state index in [1.807, 2.05) is 13.8 Å². The van der Waals surface area contributed by atoms with Crippen LogP contribution in [-0.4, -0.2) is 42.1 Å². The minimum absolute atomic E-state index is 0.0160. The van der Waals surface area contributed by atoms with Gasteiger partial charge in [-0.1, -0.05) is 0 Å². The van der Waals surface area contributed by atoms with Crippen LogP contribution in [0.1, 0.15) is 39.5 Å². The Morgan fingerprint density at radius 1 is 1.41 bits per heavy atom. The molecule has 0 spiro atoms. The van der Waals surface area contributed by atoms with E-state index in [1.54, 1.807) is 0 Å². The smallest absolute Gasteiger partial charge is 0.303 e. The van der Waals surface area contributed by atoms with Crippen molar-refractivity contribution in [2.24, 2.45) is 5.92 Å². The molecule has 1 aliphatic carbocycles. The third-order valence-electron chi connectivity index (χ3n) is 2.85. The highest BCUT2D eigenvalue weighted by atomic mass is 32.2. The van der Waals surface area contributed by atoms with E-state index >= 15 is 0 Å². The second kappa shape index (κ2) is 5.82. The Morgan fingerprint density at radius 3 is 2.41 bits per heavy atom. The van der Waals surface area contributed by atoms with Crippen molar-refractivity contribution in [3.63, 3.8) is 0 Å². The van der Waals surface area contributed by atoms with Crippen LogP contribution in [-0.2, 0) is 14.8 Å². The van der Waals surface area contributed by atoms with E-state index < -0.39 is 16.0 Å². The molecule has 0 aromatic heterocycles. The van der Waals surface area contributed by atoms with Crippen molar-refractivity contribution in [3.05, 3.63) is 0 Å². The predicted molar refractivity (Wildman–Crippen MR) is 65.2 cm³/mol. The molecule has 1 aliphatic rings. The Balaban J connectivity index is 2.54. The number of rotatable bonds is 8. The Labute approximate surface area is 103 Å². The fraction of sp³-hybridized carbons (Fsp3) is 0.909. The van der Waals surface area contributed by atoms with E-state index in [-0.39, 0.29) is 18.2 Å². The van der Waals surface area contributed by atoms with Gasteiger partial charge < -0.3 is 5.11 Å². The molecule has 100 valence electrons. The van der Waals surface area contributed by atoms with Gasteiger partial charge in [0, 0.05) is 19.0 Å². The molecule has 0 atom stereocenters. The van der Waals surface area contributed by atoms with E-state index in [1.165, 1.54) is 4.31 Å². The summed E-state index contributed by atoms with van der Waals surface area (Å²) in [5.74, 6) is -0.341. The molecule has 0 amide bonds. The lowest BCUT2D eigenvalue weighted by molar-refractivity contribution is -0.137. The minimum atomic E-state index is -3.22. The van der Waals surface area contributed by atoms with Gasteiger partial charge in [-0.15, -0.1) is 0 Å². The van der Waals surface area contributed by atoms with Crippen LogP contribution in [0.4, 0.5) is 0 Å². The molecule has 0 heterocycles. The number of carbonyl (C=O) groups is 1. The third-order valence-corrected chi connectivity index (χ3v) is 5.06. The van der Waals surface area contributed by atoms with Gasteiger partial charge in [0.25, 0.3) is 0 Å². The summed E-state index contributed by atoms with van der Waals surface area (Å²) in [5, 5.41) is 8.56. The summed E-state index contributed by atoms with van der Waals surface area (Å²) in [7, 11) is -3.22. The zero-order valence-corrected chi connectivity index (χ0v) is 11.2. The first-order chi connectivity index (χ1) is 7.83. The standard InChI is InChI=1S/C11H21NO4S/c1-9(2)12(7-3-4-11(13)14)17(15,16)8-10-5-6-10/h9-10H,3-8H2,1-2H3,(H,13,14). The molecular formula is C11H21NO4S. The van der Waals surface area contributed by atoms with E-state index in [0.717, 1.165) is 12.8 Å². The van der Waals surface area contributed by atoms with Crippen molar-refractivity contribution in [3.8, 4) is 0 Å². The second-order valence-electron chi connectivity index (χ2n) is 4.92. The van der Waals surface area contributed by atoms with Gasteiger partial charge in [0.1, 0.15) is 0 Å². The maximum atomic E-state index is 12.1. The maximum absolute atomic E-state index is 12.1. The van der Waals surface area contributed by atoms with Crippen LogP contribution < -0.4 is 0 Å². The predicted octanol–water partition coefficient (Wildman–Crippen LogP) is 1.30. The van der Waals surface area contributed by atoms with Crippen LogP contribution in [0.15, 0.2) is 0 Å². The van der Waals surface area contributed by atoms with Gasteiger partial charge in [-0.25, -0.2) is 8.42 Å². The topological polar surface area (TPSA) is 74.7 Å². The van der Waals surface area contributed by atoms with Gasteiger partial charge in [0.05, 0.1) is 5.75 Å². The highest BCUT2D eigenvalue weighted by molar-refractivity contribution is 7.89. The summed E-state index contributed by atoms with van der Waals surface area (Å²) >= 11 is 0. The second-order valence-corrected chi connectivity index (χ2v) is 6.89. The molecule has 17 heavy (non-hydrogen) atoms. The monoisotopic (exact) mass is 263 g/mol. The first kappa shape index (κ1) is 14.4. The van der Waals surface area contributed by atoms with Crippen LogP contribution in [0.25, 0.3) is 0 Å². The molecule has 1 rings (SSSR count). The third kappa shape index (κ3) is 5.04. The van der Waals surface area contributed by atoms with Crippen LogP contribution in [0, 0.1) is 5.92 Å². The number of hydrogen-bond donors (Lipinski definition) is 1. The summed E-state index contributed by atoms with van der Waals surface area (Å²) in [6.07, 6.45) is 2.39. The Bertz CT molecular complexity index is 360. The first-order valence-electron chi connectivity index (χ1n) is 6.04. The zero-order chi connectivity index (χ0) is 13.1. The van der Waals surface area contributed by atoms with E-state index in [4.69, 9.17) is 5.11 Å². The van der Waals surface area contributed by atoms with Gasteiger partial charge in [-0.2, -0.15) is 4.31 Å². The SMILES string of the molecule is CC(C)N(CCCC(=O)O)S(=O)(=O)CC1CC1. The van der Waals surface area contributed by atoms with Crippen molar-refractivity contribution < 1.29 is 18.3 Å². The molecule has 0 aliphatic heterocycles. The maximum Gasteiger partial charge on any atom is 0.303 e. The van der Waals surface area contributed by atoms with Gasteiger partial charge in [0.15, 0.2) is 0 Å².